The standard InChI is InChI=1S/C9H14O2/c1-3-4-7-6(2)8(10)5-9(7)11/h3,6-8,10H,1,4-5H2,2H3. The third kappa shape index (κ3) is 1.51. The highest BCUT2D eigenvalue weighted by Crippen LogP contribution is 2.31. The number of rotatable bonds is 2. The van der Waals surface area contributed by atoms with E-state index in [0.717, 1.165) is 0 Å². The second kappa shape index (κ2) is 3.18. The molecule has 1 N–H and O–H groups in total. The van der Waals surface area contributed by atoms with Crippen LogP contribution in [0.2, 0.25) is 0 Å². The summed E-state index contributed by atoms with van der Waals surface area (Å²) in [6.45, 7) is 5.50. The monoisotopic (exact) mass is 154 g/mol. The molecule has 11 heavy (non-hydrogen) atoms. The van der Waals surface area contributed by atoms with Crippen LogP contribution in [0.4, 0.5) is 0 Å². The van der Waals surface area contributed by atoms with Crippen LogP contribution >= 0.6 is 0 Å². The van der Waals surface area contributed by atoms with Gasteiger partial charge in [0.2, 0.25) is 0 Å². The maximum Gasteiger partial charge on any atom is 0.139 e. The van der Waals surface area contributed by atoms with E-state index in [-0.39, 0.29) is 17.6 Å². The van der Waals surface area contributed by atoms with Crippen LogP contribution in [0.15, 0.2) is 12.7 Å². The first-order chi connectivity index (χ1) is 5.16. The third-order valence-corrected chi connectivity index (χ3v) is 2.49. The summed E-state index contributed by atoms with van der Waals surface area (Å²) in [5.41, 5.74) is 0. The molecule has 1 aliphatic rings. The van der Waals surface area contributed by atoms with Gasteiger partial charge in [0.25, 0.3) is 0 Å². The zero-order valence-corrected chi connectivity index (χ0v) is 6.79. The Morgan fingerprint density at radius 3 is 2.82 bits per heavy atom. The van der Waals surface area contributed by atoms with Crippen molar-refractivity contribution in [2.24, 2.45) is 11.8 Å². The van der Waals surface area contributed by atoms with Crippen molar-refractivity contribution in [3.8, 4) is 0 Å². The summed E-state index contributed by atoms with van der Waals surface area (Å²) in [5, 5.41) is 9.31. The smallest absolute Gasteiger partial charge is 0.139 e. The quantitative estimate of drug-likeness (QED) is 0.606. The number of aliphatic hydroxyl groups excluding tert-OH is 1. The van der Waals surface area contributed by atoms with Gasteiger partial charge in [0.15, 0.2) is 0 Å². The van der Waals surface area contributed by atoms with Gasteiger partial charge in [-0.2, -0.15) is 0 Å². The van der Waals surface area contributed by atoms with Gasteiger partial charge in [0, 0.05) is 12.3 Å². The molecule has 1 fully saturated rings. The Morgan fingerprint density at radius 2 is 2.45 bits per heavy atom. The molecule has 0 bridgehead atoms. The third-order valence-electron chi connectivity index (χ3n) is 2.49. The summed E-state index contributed by atoms with van der Waals surface area (Å²) >= 11 is 0. The van der Waals surface area contributed by atoms with Crippen molar-refractivity contribution in [1.82, 2.24) is 0 Å². The average molecular weight is 154 g/mol. The number of hydrogen-bond donors (Lipinski definition) is 1. The Balaban J connectivity index is 2.63. The van der Waals surface area contributed by atoms with Crippen molar-refractivity contribution in [2.75, 3.05) is 0 Å². The van der Waals surface area contributed by atoms with Crippen LogP contribution in [0.25, 0.3) is 0 Å². The van der Waals surface area contributed by atoms with Crippen molar-refractivity contribution in [2.45, 2.75) is 25.9 Å². The Labute approximate surface area is 66.9 Å². The molecule has 0 saturated heterocycles. The number of Topliss-reactive ketones (excluding diaryl/α,β-unsaturated/α-hetero) is 1. The van der Waals surface area contributed by atoms with Gasteiger partial charge in [-0.3, -0.25) is 4.79 Å². The minimum absolute atomic E-state index is 0.0162. The molecule has 0 amide bonds. The Bertz CT molecular complexity index is 174. The van der Waals surface area contributed by atoms with Gasteiger partial charge in [-0.25, -0.2) is 0 Å². The molecule has 0 spiro atoms. The van der Waals surface area contributed by atoms with E-state index in [1.165, 1.54) is 0 Å². The highest BCUT2D eigenvalue weighted by atomic mass is 16.3. The van der Waals surface area contributed by atoms with Crippen LogP contribution in [0.1, 0.15) is 19.8 Å². The first-order valence-corrected chi connectivity index (χ1v) is 3.98. The van der Waals surface area contributed by atoms with Crippen LogP contribution < -0.4 is 0 Å². The number of ketones is 1. The SMILES string of the molecule is C=CCC1C(=O)CC(O)C1C. The first-order valence-electron chi connectivity index (χ1n) is 3.98. The molecule has 1 aliphatic carbocycles. The molecule has 2 heteroatoms. The van der Waals surface area contributed by atoms with Gasteiger partial charge >= 0.3 is 0 Å². The van der Waals surface area contributed by atoms with Crippen molar-refractivity contribution in [3.05, 3.63) is 12.7 Å². The Morgan fingerprint density at radius 1 is 1.82 bits per heavy atom. The Hall–Kier alpha value is -0.630. The summed E-state index contributed by atoms with van der Waals surface area (Å²) in [6, 6.07) is 0. The van der Waals surface area contributed by atoms with Crippen molar-refractivity contribution in [3.63, 3.8) is 0 Å². The summed E-state index contributed by atoms with van der Waals surface area (Å²) in [5.74, 6) is 0.313. The fourth-order valence-corrected chi connectivity index (χ4v) is 1.63. The predicted molar refractivity (Wildman–Crippen MR) is 43.1 cm³/mol. The minimum Gasteiger partial charge on any atom is -0.392 e. The van der Waals surface area contributed by atoms with E-state index in [1.807, 2.05) is 6.92 Å². The lowest BCUT2D eigenvalue weighted by molar-refractivity contribution is -0.121. The molecule has 62 valence electrons. The molecule has 1 rings (SSSR count). The van der Waals surface area contributed by atoms with E-state index < -0.39 is 6.10 Å². The van der Waals surface area contributed by atoms with Crippen molar-refractivity contribution >= 4 is 5.78 Å². The zero-order valence-electron chi connectivity index (χ0n) is 6.79. The van der Waals surface area contributed by atoms with Crippen LogP contribution in [0.3, 0.4) is 0 Å². The molecule has 2 nitrogen and oxygen atoms in total. The van der Waals surface area contributed by atoms with Crippen LogP contribution in [-0.4, -0.2) is 17.0 Å². The summed E-state index contributed by atoms with van der Waals surface area (Å²) in [6.07, 6.45) is 2.36. The molecule has 1 saturated carbocycles. The predicted octanol–water partition coefficient (Wildman–Crippen LogP) is 1.15. The molecule has 0 aliphatic heterocycles. The first kappa shape index (κ1) is 8.47. The molecule has 0 aromatic rings. The normalized spacial score (nSPS) is 37.6. The van der Waals surface area contributed by atoms with E-state index in [4.69, 9.17) is 0 Å². The van der Waals surface area contributed by atoms with Crippen molar-refractivity contribution < 1.29 is 9.90 Å². The lowest BCUT2D eigenvalue weighted by Gasteiger charge is -2.13. The minimum atomic E-state index is -0.424. The van der Waals surface area contributed by atoms with Crippen LogP contribution in [0.5, 0.6) is 0 Å². The highest BCUT2D eigenvalue weighted by molar-refractivity contribution is 5.84. The van der Waals surface area contributed by atoms with Crippen LogP contribution in [-0.2, 0) is 4.79 Å². The maximum atomic E-state index is 11.2. The number of allylic oxidation sites excluding steroid dienone is 1. The van der Waals surface area contributed by atoms with Gasteiger partial charge in [-0.1, -0.05) is 13.0 Å². The highest BCUT2D eigenvalue weighted by Gasteiger charge is 2.37. The van der Waals surface area contributed by atoms with E-state index in [2.05, 4.69) is 6.58 Å². The molecule has 3 unspecified atom stereocenters. The molecule has 0 aromatic carbocycles. The molecule has 0 heterocycles. The van der Waals surface area contributed by atoms with Gasteiger partial charge in [0.1, 0.15) is 5.78 Å². The van der Waals surface area contributed by atoms with Gasteiger partial charge in [0.05, 0.1) is 6.10 Å². The molecule has 3 atom stereocenters. The Kier molecular flexibility index (Phi) is 2.45. The van der Waals surface area contributed by atoms with Gasteiger partial charge in [-0.15, -0.1) is 6.58 Å². The van der Waals surface area contributed by atoms with Crippen molar-refractivity contribution in [1.29, 1.82) is 0 Å². The largest absolute Gasteiger partial charge is 0.392 e. The number of carbonyl (C=O) groups excluding carboxylic acids is 1. The number of hydrogen-bond acceptors (Lipinski definition) is 2. The maximum absolute atomic E-state index is 11.2. The lowest BCUT2D eigenvalue weighted by atomic mass is 9.93. The fraction of sp³-hybridized carbons (Fsp3) is 0.667. The molecular formula is C9H14O2. The van der Waals surface area contributed by atoms with E-state index >= 15 is 0 Å². The number of carbonyl (C=O) groups is 1. The molecular weight excluding hydrogens is 140 g/mol. The van der Waals surface area contributed by atoms with Gasteiger partial charge < -0.3 is 5.11 Å². The summed E-state index contributed by atoms with van der Waals surface area (Å²) in [7, 11) is 0. The van der Waals surface area contributed by atoms with Crippen LogP contribution in [0, 0.1) is 11.8 Å². The lowest BCUT2D eigenvalue weighted by Crippen LogP contribution is -2.16. The molecule has 0 radical (unpaired) electrons. The average Bonchev–Trinajstić information content (AvgIpc) is 2.17. The number of aliphatic hydroxyl groups is 1. The molecule has 0 aromatic heterocycles. The van der Waals surface area contributed by atoms with E-state index in [9.17, 15) is 9.90 Å². The van der Waals surface area contributed by atoms with E-state index in [0.29, 0.717) is 12.8 Å². The zero-order chi connectivity index (χ0) is 8.43. The topological polar surface area (TPSA) is 37.3 Å². The second-order valence-electron chi connectivity index (χ2n) is 3.23. The summed E-state index contributed by atoms with van der Waals surface area (Å²) < 4.78 is 0. The summed E-state index contributed by atoms with van der Waals surface area (Å²) in [4.78, 5) is 11.2. The van der Waals surface area contributed by atoms with Gasteiger partial charge in [-0.05, 0) is 12.3 Å². The fourth-order valence-electron chi connectivity index (χ4n) is 1.63. The van der Waals surface area contributed by atoms with E-state index in [1.54, 1.807) is 6.08 Å². The second-order valence-corrected chi connectivity index (χ2v) is 3.23.